The first-order valence-corrected chi connectivity index (χ1v) is 28.9. The molecule has 0 aliphatic heterocycles. The summed E-state index contributed by atoms with van der Waals surface area (Å²) in [4.78, 5) is 0. The molecule has 2 aromatic heterocycles. The second-order valence-electron chi connectivity index (χ2n) is 15.6. The average Bonchev–Trinajstić information content (AvgIpc) is 3.93. The van der Waals surface area contributed by atoms with Gasteiger partial charge in [-0.15, -0.1) is 67.3 Å². The maximum atomic E-state index is 4.93. The molecule has 0 fully saturated rings. The molecule has 0 atom stereocenters. The van der Waals surface area contributed by atoms with Crippen LogP contribution in [-0.4, -0.2) is 17.2 Å². The van der Waals surface area contributed by atoms with Gasteiger partial charge in [-0.05, 0) is 61.4 Å². The SMILES string of the molecule is CCn1c2ccccc2c2cc(-c3cccc4c3cc(C)[c-]4[Si](C)(C)[c-]3c(C)cc4c(-c5ccc6c(c5)c5ccccc5n6CC)cccc43)ccc21.[Cl][Zr+2][Cl]. The summed E-state index contributed by atoms with van der Waals surface area (Å²) in [6.07, 6.45) is 0. The topological polar surface area (TPSA) is 9.86 Å². The van der Waals surface area contributed by atoms with Crippen molar-refractivity contribution in [3.63, 3.8) is 0 Å². The first kappa shape index (κ1) is 37.4. The zero-order chi connectivity index (χ0) is 38.9. The number of nitrogens with zero attached hydrogens (tertiary/aromatic N) is 2. The van der Waals surface area contributed by atoms with Crippen molar-refractivity contribution in [2.75, 3.05) is 0 Å². The summed E-state index contributed by atoms with van der Waals surface area (Å²) in [6, 6.07) is 50.8. The van der Waals surface area contributed by atoms with Gasteiger partial charge >= 0.3 is 37.9 Å². The molecular formula is C50H44Cl2N2SiZr. The van der Waals surface area contributed by atoms with E-state index in [1.54, 1.807) is 10.4 Å². The van der Waals surface area contributed by atoms with Gasteiger partial charge in [-0.1, -0.05) is 98.7 Å². The number of aromatic nitrogens is 2. The van der Waals surface area contributed by atoms with Crippen molar-refractivity contribution >= 4 is 101 Å². The molecule has 0 saturated carbocycles. The molecule has 0 N–H and O–H groups in total. The summed E-state index contributed by atoms with van der Waals surface area (Å²) < 4.78 is 4.88. The van der Waals surface area contributed by atoms with Crippen molar-refractivity contribution in [2.45, 2.75) is 53.9 Å². The van der Waals surface area contributed by atoms with Crippen LogP contribution in [0.25, 0.3) is 87.4 Å². The molecular weight excluding hydrogens is 819 g/mol. The summed E-state index contributed by atoms with van der Waals surface area (Å²) in [5.74, 6) is 0. The fraction of sp³-hybridized carbons (Fsp3) is 0.160. The van der Waals surface area contributed by atoms with Crippen molar-refractivity contribution in [2.24, 2.45) is 0 Å². The minimum absolute atomic E-state index is 0.826. The Balaban J connectivity index is 0.00000133. The zero-order valence-electron chi connectivity index (χ0n) is 32.8. The fourth-order valence-corrected chi connectivity index (χ4v) is 14.4. The first-order valence-electron chi connectivity index (χ1n) is 19.6. The molecule has 0 saturated heterocycles. The van der Waals surface area contributed by atoms with Gasteiger partial charge in [-0.25, -0.2) is 0 Å². The molecule has 0 radical (unpaired) electrons. The molecule has 0 bridgehead atoms. The van der Waals surface area contributed by atoms with Crippen molar-refractivity contribution in [1.82, 2.24) is 9.13 Å². The molecule has 0 aliphatic carbocycles. The Bertz CT molecular complexity index is 2910. The number of benzene rings is 6. The van der Waals surface area contributed by atoms with E-state index in [2.05, 4.69) is 183 Å². The van der Waals surface area contributed by atoms with Crippen LogP contribution in [-0.2, 0) is 33.9 Å². The third-order valence-electron chi connectivity index (χ3n) is 12.3. The van der Waals surface area contributed by atoms with Gasteiger partial charge in [0.2, 0.25) is 0 Å². The van der Waals surface area contributed by atoms with Gasteiger partial charge in [0.15, 0.2) is 0 Å². The van der Waals surface area contributed by atoms with Crippen LogP contribution in [0.3, 0.4) is 0 Å². The van der Waals surface area contributed by atoms with Crippen LogP contribution < -0.4 is 10.4 Å². The molecule has 2 heterocycles. The van der Waals surface area contributed by atoms with Crippen LogP contribution in [0.2, 0.25) is 13.1 Å². The Hall–Kier alpha value is -4.18. The molecule has 56 heavy (non-hydrogen) atoms. The van der Waals surface area contributed by atoms with E-state index >= 15 is 0 Å². The zero-order valence-corrected chi connectivity index (χ0v) is 37.7. The van der Waals surface area contributed by atoms with Crippen LogP contribution in [0, 0.1) is 13.8 Å². The predicted molar refractivity (Wildman–Crippen MR) is 245 cm³/mol. The van der Waals surface area contributed by atoms with E-state index in [1.165, 1.54) is 98.5 Å². The average molecular weight is 863 g/mol. The molecule has 276 valence electrons. The normalized spacial score (nSPS) is 12.0. The van der Waals surface area contributed by atoms with E-state index in [0.717, 1.165) is 13.1 Å². The van der Waals surface area contributed by atoms with Crippen LogP contribution >= 0.6 is 17.0 Å². The number of fused-ring (bicyclic) bond motifs is 8. The second kappa shape index (κ2) is 14.6. The Morgan fingerprint density at radius 3 is 1.29 bits per heavy atom. The molecule has 2 nitrogen and oxygen atoms in total. The molecule has 0 amide bonds. The molecule has 0 spiro atoms. The molecule has 10 rings (SSSR count). The van der Waals surface area contributed by atoms with Crippen molar-refractivity contribution in [3.8, 4) is 22.3 Å². The van der Waals surface area contributed by atoms with Gasteiger partial charge in [0.05, 0.1) is 0 Å². The van der Waals surface area contributed by atoms with Gasteiger partial charge < -0.3 is 9.13 Å². The third kappa shape index (κ3) is 5.74. The van der Waals surface area contributed by atoms with Gasteiger partial charge in [0.1, 0.15) is 0 Å². The number of halogens is 2. The van der Waals surface area contributed by atoms with Crippen LogP contribution in [0.15, 0.2) is 133 Å². The summed E-state index contributed by atoms with van der Waals surface area (Å²) in [7, 11) is 7.68. The van der Waals surface area contributed by atoms with Crippen LogP contribution in [0.4, 0.5) is 0 Å². The third-order valence-corrected chi connectivity index (χ3v) is 16.1. The van der Waals surface area contributed by atoms with Crippen LogP contribution in [0.5, 0.6) is 0 Å². The Morgan fingerprint density at radius 1 is 0.482 bits per heavy atom. The van der Waals surface area contributed by atoms with Gasteiger partial charge in [-0.3, -0.25) is 0 Å². The number of hydrogen-bond donors (Lipinski definition) is 0. The molecule has 10 aromatic rings. The predicted octanol–water partition coefficient (Wildman–Crippen LogP) is 13.8. The van der Waals surface area contributed by atoms with Crippen LogP contribution in [0.1, 0.15) is 25.0 Å². The van der Waals surface area contributed by atoms with E-state index in [4.69, 9.17) is 17.0 Å². The molecule has 0 unspecified atom stereocenters. The molecule has 8 aromatic carbocycles. The number of rotatable bonds is 6. The minimum atomic E-state index is -2.19. The van der Waals surface area contributed by atoms with E-state index in [-0.39, 0.29) is 0 Å². The van der Waals surface area contributed by atoms with E-state index < -0.39 is 28.9 Å². The first-order chi connectivity index (χ1) is 27.2. The molecule has 6 heteroatoms. The number of hydrogen-bond acceptors (Lipinski definition) is 0. The van der Waals surface area contributed by atoms with Gasteiger partial charge in [-0.2, -0.15) is 12.1 Å². The maximum absolute atomic E-state index is 4.93. The Kier molecular flexibility index (Phi) is 9.78. The van der Waals surface area contributed by atoms with Crippen molar-refractivity contribution in [1.29, 1.82) is 0 Å². The fourth-order valence-electron chi connectivity index (χ4n) is 10.3. The van der Waals surface area contributed by atoms with E-state index in [0.29, 0.717) is 0 Å². The Morgan fingerprint density at radius 2 is 0.875 bits per heavy atom. The standard InChI is InChI=1S/C50H44N2Si.2ClH.Zr/c1-7-51-45-21-11-9-15-37(45)43-29-33(23-25-47(43)51)35-17-13-19-39-41(35)27-31(3)49(39)53(5,6)50-32(4)28-42-36(18-14-20-40(42)50)34-24-26-48-44(30-34)38-16-10-12-22-46(38)52(48)8-2;;;/h9-30H,7-8H2,1-6H3;2*1H;/q-2;;;+4/p-2. The Labute approximate surface area is 348 Å². The summed E-state index contributed by atoms with van der Waals surface area (Å²) >= 11 is -0.826. The monoisotopic (exact) mass is 860 g/mol. The van der Waals surface area contributed by atoms with Gasteiger partial charge in [0.25, 0.3) is 0 Å². The number of para-hydroxylation sites is 2. The van der Waals surface area contributed by atoms with E-state index in [1.807, 2.05) is 0 Å². The van der Waals surface area contributed by atoms with E-state index in [9.17, 15) is 0 Å². The van der Waals surface area contributed by atoms with Crippen molar-refractivity contribution < 1.29 is 20.8 Å². The molecule has 0 aliphatic rings. The second-order valence-corrected chi connectivity index (χ2v) is 23.6. The number of aryl methyl sites for hydroxylation is 4. The van der Waals surface area contributed by atoms with Crippen molar-refractivity contribution in [3.05, 3.63) is 145 Å². The quantitative estimate of drug-likeness (QED) is 0.116. The summed E-state index contributed by atoms with van der Waals surface area (Å²) in [5.41, 5.74) is 13.3. The summed E-state index contributed by atoms with van der Waals surface area (Å²) in [5, 5.41) is 14.0. The van der Waals surface area contributed by atoms with Gasteiger partial charge in [0, 0.05) is 64.8 Å². The summed E-state index contributed by atoms with van der Waals surface area (Å²) in [6.45, 7) is 16.2.